The van der Waals surface area contributed by atoms with Crippen LogP contribution < -0.4 is 0 Å². The van der Waals surface area contributed by atoms with Crippen molar-refractivity contribution in [1.82, 2.24) is 9.97 Å². The predicted octanol–water partition coefficient (Wildman–Crippen LogP) is 4.32. The summed E-state index contributed by atoms with van der Waals surface area (Å²) < 4.78 is 6.95. The van der Waals surface area contributed by atoms with Gasteiger partial charge in [-0.2, -0.15) is 0 Å². The first-order chi connectivity index (χ1) is 7.61. The molecule has 3 nitrogen and oxygen atoms in total. The molecule has 0 unspecified atom stereocenters. The summed E-state index contributed by atoms with van der Waals surface area (Å²) in [5.41, 5.74) is 0.933. The molecule has 0 spiro atoms. The van der Waals surface area contributed by atoms with Crippen LogP contribution in [0.5, 0.6) is 0 Å². The molecule has 0 aliphatic carbocycles. The smallest absolute Gasteiger partial charge is 0.197 e. The molecule has 2 rings (SSSR count). The third-order valence-corrected chi connectivity index (χ3v) is 4.16. The number of hydrogen-bond donors (Lipinski definition) is 0. The van der Waals surface area contributed by atoms with E-state index in [-0.39, 0.29) is 0 Å². The van der Waals surface area contributed by atoms with E-state index in [1.54, 1.807) is 6.07 Å². The molecule has 84 valence electrons. The van der Waals surface area contributed by atoms with Gasteiger partial charge in [0.05, 0.1) is 9.26 Å². The van der Waals surface area contributed by atoms with Crippen LogP contribution >= 0.6 is 50.1 Å². The van der Waals surface area contributed by atoms with Crippen LogP contribution in [-0.2, 0) is 6.42 Å². The number of halogens is 3. The van der Waals surface area contributed by atoms with E-state index in [9.17, 15) is 0 Å². The van der Waals surface area contributed by atoms with Gasteiger partial charge in [-0.3, -0.25) is 0 Å². The average molecular weight is 413 g/mol. The summed E-state index contributed by atoms with van der Waals surface area (Å²) in [6, 6.07) is 3.61. The number of rotatable bonds is 2. The topological polar surface area (TPSA) is 38.9 Å². The van der Waals surface area contributed by atoms with E-state index in [0.29, 0.717) is 21.4 Å². The quantitative estimate of drug-likeness (QED) is 0.544. The third-order valence-electron chi connectivity index (χ3n) is 2.01. The molecule has 6 heteroatoms. The van der Waals surface area contributed by atoms with E-state index in [1.807, 2.05) is 13.0 Å². The first-order valence-corrected chi connectivity index (χ1v) is 6.84. The Hall–Kier alpha value is -0.140. The van der Waals surface area contributed by atoms with Gasteiger partial charge in [0, 0.05) is 0 Å². The van der Waals surface area contributed by atoms with Crippen molar-refractivity contribution in [3.8, 4) is 11.6 Å². The zero-order valence-electron chi connectivity index (χ0n) is 8.30. The monoisotopic (exact) mass is 412 g/mol. The molecule has 16 heavy (non-hydrogen) atoms. The highest BCUT2D eigenvalue weighted by atomic mass is 127. The Morgan fingerprint density at radius 1 is 1.44 bits per heavy atom. The number of aromatic nitrogens is 2. The highest BCUT2D eigenvalue weighted by Gasteiger charge is 2.13. The Bertz CT molecular complexity index is 530. The fourth-order valence-corrected chi connectivity index (χ4v) is 2.36. The van der Waals surface area contributed by atoms with Crippen molar-refractivity contribution in [2.45, 2.75) is 13.3 Å². The fourth-order valence-electron chi connectivity index (χ4n) is 1.24. The molecule has 0 saturated heterocycles. The molecule has 2 heterocycles. The van der Waals surface area contributed by atoms with E-state index in [0.717, 1.165) is 15.7 Å². The van der Waals surface area contributed by atoms with Crippen LogP contribution in [0.25, 0.3) is 11.6 Å². The number of aryl methyl sites for hydroxylation is 1. The van der Waals surface area contributed by atoms with Crippen molar-refractivity contribution in [2.75, 3.05) is 0 Å². The largest absolute Gasteiger partial charge is 0.446 e. The zero-order valence-corrected chi connectivity index (χ0v) is 12.8. The SMILES string of the molecule is CCc1nc(-c2ccc(Br)o2)nc(Cl)c1I. The van der Waals surface area contributed by atoms with Crippen molar-refractivity contribution in [2.24, 2.45) is 0 Å². The summed E-state index contributed by atoms with van der Waals surface area (Å²) in [6.07, 6.45) is 0.815. The Balaban J connectivity index is 2.54. The summed E-state index contributed by atoms with van der Waals surface area (Å²) in [4.78, 5) is 8.61. The molecule has 0 amide bonds. The second-order valence-electron chi connectivity index (χ2n) is 3.06. The van der Waals surface area contributed by atoms with E-state index in [1.165, 1.54) is 0 Å². The standard InChI is InChI=1S/C10H7BrClIN2O/c1-2-5-8(13)9(12)15-10(14-5)6-3-4-7(11)16-6/h3-4H,2H2,1H3. The molecule has 0 fully saturated rings. The van der Waals surface area contributed by atoms with Gasteiger partial charge in [-0.1, -0.05) is 18.5 Å². The molecule has 0 bridgehead atoms. The van der Waals surface area contributed by atoms with Crippen molar-refractivity contribution in [1.29, 1.82) is 0 Å². The fraction of sp³-hybridized carbons (Fsp3) is 0.200. The lowest BCUT2D eigenvalue weighted by atomic mass is 10.3. The van der Waals surface area contributed by atoms with Gasteiger partial charge in [0.2, 0.25) is 0 Å². The van der Waals surface area contributed by atoms with Crippen LogP contribution in [0, 0.1) is 3.57 Å². The molecule has 0 aromatic carbocycles. The molecular formula is C10H7BrClIN2O. The number of nitrogens with zero attached hydrogens (tertiary/aromatic N) is 2. The van der Waals surface area contributed by atoms with Gasteiger partial charge in [0.15, 0.2) is 16.3 Å². The van der Waals surface area contributed by atoms with Gasteiger partial charge < -0.3 is 4.42 Å². The van der Waals surface area contributed by atoms with Gasteiger partial charge in [-0.25, -0.2) is 9.97 Å². The second-order valence-corrected chi connectivity index (χ2v) is 5.27. The Kier molecular flexibility index (Phi) is 3.86. The van der Waals surface area contributed by atoms with E-state index >= 15 is 0 Å². The van der Waals surface area contributed by atoms with E-state index in [2.05, 4.69) is 48.5 Å². The Labute approximate surface area is 120 Å². The zero-order chi connectivity index (χ0) is 11.7. The number of hydrogen-bond acceptors (Lipinski definition) is 3. The minimum absolute atomic E-state index is 0.468. The summed E-state index contributed by atoms with van der Waals surface area (Å²) in [5.74, 6) is 1.13. The lowest BCUT2D eigenvalue weighted by molar-refractivity contribution is 0.551. The molecule has 0 radical (unpaired) electrons. The summed E-state index contributed by atoms with van der Waals surface area (Å²) in [5, 5.41) is 0.468. The van der Waals surface area contributed by atoms with Gasteiger partial charge >= 0.3 is 0 Å². The van der Waals surface area contributed by atoms with Crippen LogP contribution in [0.4, 0.5) is 0 Å². The highest BCUT2D eigenvalue weighted by molar-refractivity contribution is 14.1. The molecule has 0 saturated carbocycles. The van der Waals surface area contributed by atoms with Crippen LogP contribution in [0.15, 0.2) is 21.2 Å². The minimum atomic E-state index is 0.468. The average Bonchev–Trinajstić information content (AvgIpc) is 2.69. The maximum Gasteiger partial charge on any atom is 0.197 e. The Morgan fingerprint density at radius 3 is 2.75 bits per heavy atom. The van der Waals surface area contributed by atoms with E-state index < -0.39 is 0 Å². The molecule has 0 aliphatic heterocycles. The molecule has 2 aromatic heterocycles. The first-order valence-electron chi connectivity index (χ1n) is 4.59. The van der Waals surface area contributed by atoms with Crippen molar-refractivity contribution >= 4 is 50.1 Å². The second kappa shape index (κ2) is 5.01. The lowest BCUT2D eigenvalue weighted by Gasteiger charge is -2.04. The summed E-state index contributed by atoms with van der Waals surface area (Å²) in [6.45, 7) is 2.03. The van der Waals surface area contributed by atoms with Crippen LogP contribution in [-0.4, -0.2) is 9.97 Å². The molecule has 0 atom stereocenters. The molecule has 0 aliphatic rings. The van der Waals surface area contributed by atoms with Crippen LogP contribution in [0.2, 0.25) is 5.15 Å². The number of furan rings is 1. The summed E-state index contributed by atoms with van der Waals surface area (Å²) >= 11 is 11.4. The maximum absolute atomic E-state index is 6.04. The normalized spacial score (nSPS) is 10.8. The summed E-state index contributed by atoms with van der Waals surface area (Å²) in [7, 11) is 0. The Morgan fingerprint density at radius 2 is 2.19 bits per heavy atom. The van der Waals surface area contributed by atoms with E-state index in [4.69, 9.17) is 16.0 Å². The molecular weight excluding hydrogens is 406 g/mol. The van der Waals surface area contributed by atoms with Gasteiger partial charge in [0.25, 0.3) is 0 Å². The molecule has 0 N–H and O–H groups in total. The van der Waals surface area contributed by atoms with Crippen molar-refractivity contribution in [3.05, 3.63) is 31.2 Å². The maximum atomic E-state index is 6.04. The highest BCUT2D eigenvalue weighted by Crippen LogP contribution is 2.26. The third kappa shape index (κ3) is 2.41. The predicted molar refractivity (Wildman–Crippen MR) is 74.5 cm³/mol. The van der Waals surface area contributed by atoms with Gasteiger partial charge in [-0.05, 0) is 57.1 Å². The lowest BCUT2D eigenvalue weighted by Crippen LogP contribution is -1.98. The first kappa shape index (κ1) is 12.3. The van der Waals surface area contributed by atoms with Crippen molar-refractivity contribution in [3.63, 3.8) is 0 Å². The van der Waals surface area contributed by atoms with Crippen LogP contribution in [0.1, 0.15) is 12.6 Å². The van der Waals surface area contributed by atoms with Crippen LogP contribution in [0.3, 0.4) is 0 Å². The van der Waals surface area contributed by atoms with Crippen molar-refractivity contribution < 1.29 is 4.42 Å². The minimum Gasteiger partial charge on any atom is -0.446 e. The van der Waals surface area contributed by atoms with Gasteiger partial charge in [0.1, 0.15) is 5.15 Å². The van der Waals surface area contributed by atoms with Gasteiger partial charge in [-0.15, -0.1) is 0 Å². The molecule has 2 aromatic rings.